The summed E-state index contributed by atoms with van der Waals surface area (Å²) in [6.07, 6.45) is 1.20. The van der Waals surface area contributed by atoms with Crippen LogP contribution in [-0.2, 0) is 9.84 Å². The van der Waals surface area contributed by atoms with E-state index in [0.717, 1.165) is 0 Å². The van der Waals surface area contributed by atoms with Gasteiger partial charge in [-0.05, 0) is 30.9 Å². The van der Waals surface area contributed by atoms with Crippen molar-refractivity contribution >= 4 is 15.5 Å². The van der Waals surface area contributed by atoms with Crippen LogP contribution >= 0.6 is 0 Å². The summed E-state index contributed by atoms with van der Waals surface area (Å²) in [5.41, 5.74) is 0.633. The van der Waals surface area contributed by atoms with Crippen molar-refractivity contribution in [3.8, 4) is 0 Å². The Balaban J connectivity index is 3.07. The van der Waals surface area contributed by atoms with Gasteiger partial charge in [-0.15, -0.1) is 0 Å². The Bertz CT molecular complexity index is 512. The third-order valence-electron chi connectivity index (χ3n) is 3.28. The molecule has 0 saturated heterocycles. The molecule has 1 rings (SSSR count). The standard InChI is InChI=1S/C15H25NO3S/c1-4-11-20(18,19)15-8-6-5-7-14(15)16-13(9-10-17)12(2)3/h5-8,12-13,16-17H,4,9-11H2,1-3H3. The van der Waals surface area contributed by atoms with Gasteiger partial charge in [-0.1, -0.05) is 32.9 Å². The summed E-state index contributed by atoms with van der Waals surface area (Å²) >= 11 is 0. The third-order valence-corrected chi connectivity index (χ3v) is 5.25. The lowest BCUT2D eigenvalue weighted by molar-refractivity contribution is 0.267. The van der Waals surface area contributed by atoms with Crippen LogP contribution < -0.4 is 5.32 Å². The van der Waals surface area contributed by atoms with Gasteiger partial charge in [0.2, 0.25) is 0 Å². The summed E-state index contributed by atoms with van der Waals surface area (Å²) in [4.78, 5) is 0.352. The fourth-order valence-electron chi connectivity index (χ4n) is 2.15. The van der Waals surface area contributed by atoms with E-state index >= 15 is 0 Å². The van der Waals surface area contributed by atoms with Gasteiger partial charge in [0.05, 0.1) is 16.3 Å². The number of nitrogens with one attached hydrogen (secondary N) is 1. The van der Waals surface area contributed by atoms with E-state index in [1.54, 1.807) is 18.2 Å². The quantitative estimate of drug-likeness (QED) is 0.774. The highest BCUT2D eigenvalue weighted by atomic mass is 32.2. The highest BCUT2D eigenvalue weighted by Gasteiger charge is 2.20. The first-order chi connectivity index (χ1) is 9.42. The lowest BCUT2D eigenvalue weighted by Crippen LogP contribution is -2.27. The molecule has 0 fully saturated rings. The molecule has 1 aromatic rings. The number of rotatable bonds is 8. The maximum atomic E-state index is 12.3. The summed E-state index contributed by atoms with van der Waals surface area (Å²) in [5, 5.41) is 12.4. The smallest absolute Gasteiger partial charge is 0.180 e. The topological polar surface area (TPSA) is 66.4 Å². The summed E-state index contributed by atoms with van der Waals surface area (Å²) in [7, 11) is -3.25. The van der Waals surface area contributed by atoms with Gasteiger partial charge in [0.25, 0.3) is 0 Å². The van der Waals surface area contributed by atoms with Gasteiger partial charge in [-0.2, -0.15) is 0 Å². The van der Waals surface area contributed by atoms with Crippen molar-refractivity contribution in [2.24, 2.45) is 5.92 Å². The minimum absolute atomic E-state index is 0.0537. The predicted molar refractivity (Wildman–Crippen MR) is 82.7 cm³/mol. The van der Waals surface area contributed by atoms with Crippen molar-refractivity contribution in [1.29, 1.82) is 0 Å². The first kappa shape index (κ1) is 17.0. The van der Waals surface area contributed by atoms with Crippen LogP contribution in [0.2, 0.25) is 0 Å². The molecule has 1 atom stereocenters. The zero-order chi connectivity index (χ0) is 15.2. The van der Waals surface area contributed by atoms with Crippen LogP contribution in [-0.4, -0.2) is 31.9 Å². The molecule has 0 heterocycles. The number of hydrogen-bond donors (Lipinski definition) is 2. The van der Waals surface area contributed by atoms with Crippen LogP contribution in [0.15, 0.2) is 29.2 Å². The molecule has 1 aromatic carbocycles. The minimum Gasteiger partial charge on any atom is -0.396 e. The Morgan fingerprint density at radius 2 is 1.90 bits per heavy atom. The largest absolute Gasteiger partial charge is 0.396 e. The highest BCUT2D eigenvalue weighted by Crippen LogP contribution is 2.25. The van der Waals surface area contributed by atoms with E-state index in [9.17, 15) is 8.42 Å². The molecule has 114 valence electrons. The van der Waals surface area contributed by atoms with Crippen LogP contribution in [0, 0.1) is 5.92 Å². The lowest BCUT2D eigenvalue weighted by Gasteiger charge is -2.24. The van der Waals surface area contributed by atoms with Crippen LogP contribution in [0.25, 0.3) is 0 Å². The molecule has 4 nitrogen and oxygen atoms in total. The summed E-state index contributed by atoms with van der Waals surface area (Å²) in [6.45, 7) is 6.04. The average Bonchev–Trinajstić information content (AvgIpc) is 2.38. The van der Waals surface area contributed by atoms with Crippen molar-refractivity contribution in [3.63, 3.8) is 0 Å². The molecule has 0 radical (unpaired) electrons. The number of para-hydroxylation sites is 1. The number of hydrogen-bond acceptors (Lipinski definition) is 4. The molecule has 0 amide bonds. The maximum absolute atomic E-state index is 12.3. The Hall–Kier alpha value is -1.07. The zero-order valence-electron chi connectivity index (χ0n) is 12.5. The summed E-state index contributed by atoms with van der Waals surface area (Å²) < 4.78 is 24.5. The SMILES string of the molecule is CCCS(=O)(=O)c1ccccc1NC(CCO)C(C)C. The second-order valence-corrected chi connectivity index (χ2v) is 7.40. The Labute approximate surface area is 122 Å². The third kappa shape index (κ3) is 4.49. The Morgan fingerprint density at radius 1 is 1.25 bits per heavy atom. The number of anilines is 1. The summed E-state index contributed by atoms with van der Waals surface area (Å²) in [6, 6.07) is 7.05. The van der Waals surface area contributed by atoms with Gasteiger partial charge < -0.3 is 10.4 Å². The van der Waals surface area contributed by atoms with Crippen molar-refractivity contribution < 1.29 is 13.5 Å². The number of aliphatic hydroxyl groups excluding tert-OH is 1. The van der Waals surface area contributed by atoms with Crippen LogP contribution in [0.4, 0.5) is 5.69 Å². The van der Waals surface area contributed by atoms with Gasteiger partial charge in [0.15, 0.2) is 9.84 Å². The molecule has 0 bridgehead atoms. The zero-order valence-corrected chi connectivity index (χ0v) is 13.3. The molecule has 1 unspecified atom stereocenters. The van der Waals surface area contributed by atoms with E-state index in [4.69, 9.17) is 5.11 Å². The van der Waals surface area contributed by atoms with Gasteiger partial charge >= 0.3 is 0 Å². The Morgan fingerprint density at radius 3 is 2.45 bits per heavy atom. The predicted octanol–water partition coefficient (Wildman–Crippen LogP) is 2.69. The molecule has 0 spiro atoms. The first-order valence-electron chi connectivity index (χ1n) is 7.11. The molecule has 0 aliphatic heterocycles. The fraction of sp³-hybridized carbons (Fsp3) is 0.600. The van der Waals surface area contributed by atoms with Crippen molar-refractivity contribution in [2.45, 2.75) is 44.6 Å². The van der Waals surface area contributed by atoms with Crippen LogP contribution in [0.1, 0.15) is 33.6 Å². The fourth-order valence-corrected chi connectivity index (χ4v) is 3.65. The second-order valence-electron chi connectivity index (χ2n) is 5.32. The minimum atomic E-state index is -3.25. The van der Waals surface area contributed by atoms with Crippen LogP contribution in [0.3, 0.4) is 0 Å². The molecule has 0 saturated carbocycles. The molecular weight excluding hydrogens is 274 g/mol. The average molecular weight is 299 g/mol. The highest BCUT2D eigenvalue weighted by molar-refractivity contribution is 7.91. The van der Waals surface area contributed by atoms with Crippen molar-refractivity contribution in [2.75, 3.05) is 17.7 Å². The monoisotopic (exact) mass is 299 g/mol. The van der Waals surface area contributed by atoms with E-state index in [1.807, 2.05) is 13.0 Å². The van der Waals surface area contributed by atoms with Crippen molar-refractivity contribution in [1.82, 2.24) is 0 Å². The van der Waals surface area contributed by atoms with Crippen molar-refractivity contribution in [3.05, 3.63) is 24.3 Å². The van der Waals surface area contributed by atoms with E-state index in [-0.39, 0.29) is 18.4 Å². The van der Waals surface area contributed by atoms with Crippen LogP contribution in [0.5, 0.6) is 0 Å². The molecule has 0 aliphatic carbocycles. The molecule has 20 heavy (non-hydrogen) atoms. The molecule has 2 N–H and O–H groups in total. The second kappa shape index (κ2) is 7.64. The maximum Gasteiger partial charge on any atom is 0.180 e. The van der Waals surface area contributed by atoms with E-state index in [2.05, 4.69) is 19.2 Å². The van der Waals surface area contributed by atoms with Gasteiger partial charge in [0.1, 0.15) is 0 Å². The van der Waals surface area contributed by atoms with Gasteiger partial charge in [-0.25, -0.2) is 8.42 Å². The lowest BCUT2D eigenvalue weighted by atomic mass is 10.0. The molecule has 0 aliphatic rings. The molecular formula is C15H25NO3S. The van der Waals surface area contributed by atoms with E-state index in [1.165, 1.54) is 0 Å². The number of sulfone groups is 1. The van der Waals surface area contributed by atoms with Gasteiger partial charge in [0, 0.05) is 12.6 Å². The Kier molecular flexibility index (Phi) is 6.49. The summed E-state index contributed by atoms with van der Waals surface area (Å²) in [5.74, 6) is 0.460. The number of benzene rings is 1. The van der Waals surface area contributed by atoms with Gasteiger partial charge in [-0.3, -0.25) is 0 Å². The number of aliphatic hydroxyl groups is 1. The first-order valence-corrected chi connectivity index (χ1v) is 8.76. The molecule has 5 heteroatoms. The molecule has 0 aromatic heterocycles. The van der Waals surface area contributed by atoms with E-state index < -0.39 is 9.84 Å². The van der Waals surface area contributed by atoms with E-state index in [0.29, 0.717) is 29.3 Å². The normalized spacial score (nSPS) is 13.4.